The second kappa shape index (κ2) is 3.92. The van der Waals surface area contributed by atoms with Crippen LogP contribution in [0.25, 0.3) is 0 Å². The standard InChI is InChI=1S/C9H12ClN3/c10-8(7-3-4-7)6-11-9-2-1-5-12-13-9/h1-2,5,7-8H,3-4,6H2,(H,11,13). The lowest BCUT2D eigenvalue weighted by Crippen LogP contribution is -2.16. The van der Waals surface area contributed by atoms with Gasteiger partial charge in [-0.25, -0.2) is 0 Å². The molecule has 1 aliphatic rings. The number of anilines is 1. The first kappa shape index (κ1) is 8.75. The zero-order chi connectivity index (χ0) is 9.10. The molecule has 1 unspecified atom stereocenters. The van der Waals surface area contributed by atoms with Gasteiger partial charge in [-0.2, -0.15) is 5.10 Å². The van der Waals surface area contributed by atoms with Crippen LogP contribution in [0.15, 0.2) is 18.3 Å². The fourth-order valence-corrected chi connectivity index (χ4v) is 1.55. The van der Waals surface area contributed by atoms with Crippen LogP contribution in [0.2, 0.25) is 0 Å². The summed E-state index contributed by atoms with van der Waals surface area (Å²) in [5.74, 6) is 1.51. The first-order valence-corrected chi connectivity index (χ1v) is 4.95. The molecule has 1 fully saturated rings. The second-order valence-electron chi connectivity index (χ2n) is 3.34. The number of nitrogens with one attached hydrogen (secondary N) is 1. The third kappa shape index (κ3) is 2.56. The van der Waals surface area contributed by atoms with Gasteiger partial charge in [0.15, 0.2) is 0 Å². The minimum atomic E-state index is 0.238. The monoisotopic (exact) mass is 197 g/mol. The van der Waals surface area contributed by atoms with E-state index < -0.39 is 0 Å². The van der Waals surface area contributed by atoms with Crippen molar-refractivity contribution in [2.24, 2.45) is 5.92 Å². The van der Waals surface area contributed by atoms with Crippen molar-refractivity contribution in [3.8, 4) is 0 Å². The summed E-state index contributed by atoms with van der Waals surface area (Å²) in [7, 11) is 0. The van der Waals surface area contributed by atoms with E-state index in [4.69, 9.17) is 11.6 Å². The lowest BCUT2D eigenvalue weighted by molar-refractivity contribution is 0.766. The van der Waals surface area contributed by atoms with Crippen LogP contribution in [0.3, 0.4) is 0 Å². The van der Waals surface area contributed by atoms with E-state index in [1.54, 1.807) is 6.20 Å². The van der Waals surface area contributed by atoms with E-state index in [0.29, 0.717) is 5.92 Å². The molecule has 2 rings (SSSR count). The molecule has 1 aliphatic carbocycles. The number of hydrogen-bond donors (Lipinski definition) is 1. The molecule has 0 radical (unpaired) electrons. The summed E-state index contributed by atoms with van der Waals surface area (Å²) in [5, 5.41) is 11.1. The van der Waals surface area contributed by atoms with Crippen molar-refractivity contribution in [3.05, 3.63) is 18.3 Å². The van der Waals surface area contributed by atoms with E-state index in [9.17, 15) is 0 Å². The van der Waals surface area contributed by atoms with Gasteiger partial charge in [0.2, 0.25) is 0 Å². The summed E-state index contributed by atoms with van der Waals surface area (Å²) >= 11 is 6.12. The molecule has 1 atom stereocenters. The van der Waals surface area contributed by atoms with Gasteiger partial charge in [-0.1, -0.05) is 0 Å². The van der Waals surface area contributed by atoms with Crippen LogP contribution in [0.1, 0.15) is 12.8 Å². The summed E-state index contributed by atoms with van der Waals surface area (Å²) < 4.78 is 0. The molecule has 0 aromatic carbocycles. The average molecular weight is 198 g/mol. The lowest BCUT2D eigenvalue weighted by Gasteiger charge is -2.08. The van der Waals surface area contributed by atoms with Gasteiger partial charge in [-0.05, 0) is 30.9 Å². The average Bonchev–Trinajstić information content (AvgIpc) is 2.99. The molecule has 0 aliphatic heterocycles. The van der Waals surface area contributed by atoms with Crippen molar-refractivity contribution in [2.45, 2.75) is 18.2 Å². The molecule has 0 amide bonds. The molecule has 0 spiro atoms. The maximum atomic E-state index is 6.12. The van der Waals surface area contributed by atoms with E-state index in [1.165, 1.54) is 12.8 Å². The summed E-state index contributed by atoms with van der Waals surface area (Å²) in [5.41, 5.74) is 0. The maximum Gasteiger partial charge on any atom is 0.148 e. The van der Waals surface area contributed by atoms with Crippen molar-refractivity contribution in [1.29, 1.82) is 0 Å². The molecule has 3 nitrogen and oxygen atoms in total. The molecular formula is C9H12ClN3. The minimum absolute atomic E-state index is 0.238. The molecule has 1 aromatic heterocycles. The molecule has 1 aromatic rings. The molecule has 1 N–H and O–H groups in total. The Bertz CT molecular complexity index is 261. The Morgan fingerprint density at radius 3 is 3.08 bits per heavy atom. The number of halogens is 1. The van der Waals surface area contributed by atoms with Gasteiger partial charge < -0.3 is 5.32 Å². The molecule has 13 heavy (non-hydrogen) atoms. The summed E-state index contributed by atoms with van der Waals surface area (Å²) in [6.07, 6.45) is 4.21. The Kier molecular flexibility index (Phi) is 2.64. The number of hydrogen-bond acceptors (Lipinski definition) is 3. The molecule has 1 heterocycles. The first-order chi connectivity index (χ1) is 6.36. The lowest BCUT2D eigenvalue weighted by atomic mass is 10.3. The van der Waals surface area contributed by atoms with E-state index >= 15 is 0 Å². The van der Waals surface area contributed by atoms with E-state index in [2.05, 4.69) is 15.5 Å². The molecule has 70 valence electrons. The minimum Gasteiger partial charge on any atom is -0.367 e. The highest BCUT2D eigenvalue weighted by molar-refractivity contribution is 6.21. The molecule has 4 heteroatoms. The van der Waals surface area contributed by atoms with Crippen LogP contribution in [-0.2, 0) is 0 Å². The summed E-state index contributed by atoms with van der Waals surface area (Å²) in [4.78, 5) is 0. The first-order valence-electron chi connectivity index (χ1n) is 4.52. The quantitative estimate of drug-likeness (QED) is 0.750. The SMILES string of the molecule is ClC(CNc1cccnn1)C1CC1. The van der Waals surface area contributed by atoms with Crippen LogP contribution >= 0.6 is 11.6 Å². The number of nitrogens with zero attached hydrogens (tertiary/aromatic N) is 2. The Morgan fingerprint density at radius 2 is 2.46 bits per heavy atom. The van der Waals surface area contributed by atoms with Crippen LogP contribution in [-0.4, -0.2) is 22.1 Å². The molecule has 1 saturated carbocycles. The Hall–Kier alpha value is -0.830. The number of rotatable bonds is 4. The van der Waals surface area contributed by atoms with Crippen LogP contribution in [0.4, 0.5) is 5.82 Å². The van der Waals surface area contributed by atoms with Gasteiger partial charge in [-0.15, -0.1) is 16.7 Å². The van der Waals surface area contributed by atoms with Gasteiger partial charge in [0.25, 0.3) is 0 Å². The van der Waals surface area contributed by atoms with Gasteiger partial charge in [0.05, 0.1) is 5.38 Å². The molecule has 0 bridgehead atoms. The highest BCUT2D eigenvalue weighted by Gasteiger charge is 2.29. The van der Waals surface area contributed by atoms with Gasteiger partial charge >= 0.3 is 0 Å². The maximum absolute atomic E-state index is 6.12. The van der Waals surface area contributed by atoms with Crippen molar-refractivity contribution in [3.63, 3.8) is 0 Å². The zero-order valence-corrected chi connectivity index (χ0v) is 8.04. The summed E-state index contributed by atoms with van der Waals surface area (Å²) in [6.45, 7) is 0.783. The predicted molar refractivity (Wildman–Crippen MR) is 52.9 cm³/mol. The third-order valence-electron chi connectivity index (χ3n) is 2.18. The van der Waals surface area contributed by atoms with Crippen molar-refractivity contribution in [1.82, 2.24) is 10.2 Å². The Labute approximate surface area is 82.5 Å². The molecule has 0 saturated heterocycles. The fourth-order valence-electron chi connectivity index (χ4n) is 1.22. The van der Waals surface area contributed by atoms with Crippen LogP contribution in [0.5, 0.6) is 0 Å². The summed E-state index contributed by atoms with van der Waals surface area (Å²) in [6, 6.07) is 3.75. The number of aromatic nitrogens is 2. The van der Waals surface area contributed by atoms with E-state index in [0.717, 1.165) is 12.4 Å². The normalized spacial score (nSPS) is 18.2. The van der Waals surface area contributed by atoms with Gasteiger partial charge in [-0.3, -0.25) is 0 Å². The second-order valence-corrected chi connectivity index (χ2v) is 3.90. The highest BCUT2D eigenvalue weighted by atomic mass is 35.5. The van der Waals surface area contributed by atoms with Gasteiger partial charge in [0.1, 0.15) is 5.82 Å². The number of alkyl halides is 1. The molecular weight excluding hydrogens is 186 g/mol. The van der Waals surface area contributed by atoms with Crippen LogP contribution in [0, 0.1) is 5.92 Å². The smallest absolute Gasteiger partial charge is 0.148 e. The predicted octanol–water partition coefficient (Wildman–Crippen LogP) is 1.91. The topological polar surface area (TPSA) is 37.8 Å². The Morgan fingerprint density at radius 1 is 1.62 bits per heavy atom. The third-order valence-corrected chi connectivity index (χ3v) is 2.69. The fraction of sp³-hybridized carbons (Fsp3) is 0.556. The van der Waals surface area contributed by atoms with Crippen LogP contribution < -0.4 is 5.32 Å². The largest absolute Gasteiger partial charge is 0.367 e. The van der Waals surface area contributed by atoms with E-state index in [-0.39, 0.29) is 5.38 Å². The van der Waals surface area contributed by atoms with Gasteiger partial charge in [0, 0.05) is 12.7 Å². The zero-order valence-electron chi connectivity index (χ0n) is 7.28. The van der Waals surface area contributed by atoms with E-state index in [1.807, 2.05) is 12.1 Å². The van der Waals surface area contributed by atoms with Crippen molar-refractivity contribution in [2.75, 3.05) is 11.9 Å². The van der Waals surface area contributed by atoms with Crippen molar-refractivity contribution < 1.29 is 0 Å². The Balaban J connectivity index is 1.78. The highest BCUT2D eigenvalue weighted by Crippen LogP contribution is 2.35. The van der Waals surface area contributed by atoms with Crippen molar-refractivity contribution >= 4 is 17.4 Å².